The van der Waals surface area contributed by atoms with E-state index >= 15 is 0 Å². The van der Waals surface area contributed by atoms with Gasteiger partial charge >= 0.3 is 5.97 Å². The van der Waals surface area contributed by atoms with Gasteiger partial charge in [-0.3, -0.25) is 0 Å². The standard InChI is InChI=1S/C22H16FN3O2/c1-13-21-20-17(16-5-3-4-6-18(16)24-20)11-19(22(27)28-2)26(21)12-25(13)15-9-7-14(23)8-10-15/h3-12H,1-2H3/p+1. The Morgan fingerprint density at radius 1 is 1.11 bits per heavy atom. The van der Waals surface area contributed by atoms with Gasteiger partial charge in [-0.2, -0.15) is 8.97 Å². The Labute approximate surface area is 159 Å². The zero-order valence-electron chi connectivity index (χ0n) is 15.4. The van der Waals surface area contributed by atoms with Gasteiger partial charge in [-0.1, -0.05) is 18.2 Å². The maximum atomic E-state index is 13.4. The fourth-order valence-electron chi connectivity index (χ4n) is 3.86. The summed E-state index contributed by atoms with van der Waals surface area (Å²) < 4.78 is 22.2. The molecule has 0 fully saturated rings. The predicted octanol–water partition coefficient (Wildman–Crippen LogP) is 4.08. The molecule has 0 saturated carbocycles. The minimum absolute atomic E-state index is 0.293. The summed E-state index contributed by atoms with van der Waals surface area (Å²) in [5, 5.41) is 2.00. The number of carbonyl (C=O) groups excluding carboxylic acids is 1. The van der Waals surface area contributed by atoms with Crippen LogP contribution in [-0.4, -0.2) is 22.6 Å². The molecule has 0 saturated heterocycles. The quantitative estimate of drug-likeness (QED) is 0.374. The molecule has 0 spiro atoms. The summed E-state index contributed by atoms with van der Waals surface area (Å²) in [6, 6.07) is 16.1. The molecule has 2 aromatic carbocycles. The number of aromatic nitrogens is 3. The van der Waals surface area contributed by atoms with Crippen molar-refractivity contribution in [1.29, 1.82) is 0 Å². The molecule has 0 atom stereocenters. The van der Waals surface area contributed by atoms with Gasteiger partial charge in [0, 0.05) is 29.3 Å². The normalized spacial score (nSPS) is 11.5. The number of nitrogens with one attached hydrogen (secondary N) is 1. The first kappa shape index (κ1) is 16.5. The average Bonchev–Trinajstić information content (AvgIpc) is 3.25. The van der Waals surface area contributed by atoms with Crippen molar-refractivity contribution in [2.24, 2.45) is 0 Å². The number of hydrogen-bond donors (Lipinski definition) is 1. The lowest BCUT2D eigenvalue weighted by Gasteiger charge is -2.00. The van der Waals surface area contributed by atoms with Crippen LogP contribution in [0, 0.1) is 12.7 Å². The third kappa shape index (κ3) is 2.24. The summed E-state index contributed by atoms with van der Waals surface area (Å²) >= 11 is 0. The number of benzene rings is 2. The van der Waals surface area contributed by atoms with E-state index in [1.165, 1.54) is 19.2 Å². The van der Waals surface area contributed by atoms with E-state index in [2.05, 4.69) is 4.98 Å². The lowest BCUT2D eigenvalue weighted by atomic mass is 10.1. The monoisotopic (exact) mass is 374 g/mol. The fraction of sp³-hybridized carbons (Fsp3) is 0.0909. The molecular weight excluding hydrogens is 357 g/mol. The van der Waals surface area contributed by atoms with E-state index in [1.54, 1.807) is 12.1 Å². The van der Waals surface area contributed by atoms with Crippen LogP contribution in [0.2, 0.25) is 0 Å². The van der Waals surface area contributed by atoms with Gasteiger partial charge in [0.2, 0.25) is 5.69 Å². The zero-order chi connectivity index (χ0) is 19.4. The number of aromatic amines is 1. The summed E-state index contributed by atoms with van der Waals surface area (Å²) in [7, 11) is 1.37. The Balaban J connectivity index is 1.94. The molecule has 5 nitrogen and oxygen atoms in total. The molecule has 6 heteroatoms. The number of para-hydroxylation sites is 1. The molecule has 0 bridgehead atoms. The summed E-state index contributed by atoms with van der Waals surface area (Å²) in [5.41, 5.74) is 4.97. The van der Waals surface area contributed by atoms with Crippen LogP contribution >= 0.6 is 0 Å². The lowest BCUT2D eigenvalue weighted by molar-refractivity contribution is -0.514. The number of imidazole rings is 1. The molecule has 1 N–H and O–H groups in total. The smallest absolute Gasteiger partial charge is 0.378 e. The number of esters is 1. The zero-order valence-corrected chi connectivity index (χ0v) is 15.4. The van der Waals surface area contributed by atoms with Crippen LogP contribution in [0.15, 0.2) is 60.9 Å². The van der Waals surface area contributed by atoms with E-state index in [9.17, 15) is 9.18 Å². The number of aryl methyl sites for hydroxylation is 1. The highest BCUT2D eigenvalue weighted by Gasteiger charge is 2.26. The molecule has 0 aliphatic heterocycles. The first-order valence-electron chi connectivity index (χ1n) is 8.89. The summed E-state index contributed by atoms with van der Waals surface area (Å²) in [6.07, 6.45) is 1.83. The second kappa shape index (κ2) is 5.92. The molecule has 0 amide bonds. The van der Waals surface area contributed by atoms with Gasteiger partial charge in [0.25, 0.3) is 6.33 Å². The summed E-state index contributed by atoms with van der Waals surface area (Å²) in [5.74, 6) is -0.711. The highest BCUT2D eigenvalue weighted by Crippen LogP contribution is 2.30. The summed E-state index contributed by atoms with van der Waals surface area (Å²) in [6.45, 7) is 1.98. The number of nitrogens with zero attached hydrogens (tertiary/aromatic N) is 2. The SMILES string of the molecule is COC(=O)c1cc2c3ccccc3[nH]c2c2c(C)n(-c3ccc(F)cc3)c[n+]12. The van der Waals surface area contributed by atoms with Crippen LogP contribution < -0.4 is 4.40 Å². The van der Waals surface area contributed by atoms with Crippen LogP contribution in [0.1, 0.15) is 16.2 Å². The van der Waals surface area contributed by atoms with E-state index in [0.717, 1.165) is 38.7 Å². The molecular formula is C22H17FN3O2+. The van der Waals surface area contributed by atoms with Crippen molar-refractivity contribution in [1.82, 2.24) is 9.55 Å². The van der Waals surface area contributed by atoms with Crippen molar-refractivity contribution in [2.75, 3.05) is 7.11 Å². The van der Waals surface area contributed by atoms with Crippen LogP contribution in [-0.2, 0) is 4.74 Å². The Morgan fingerprint density at radius 3 is 2.61 bits per heavy atom. The molecule has 5 rings (SSSR count). The number of carbonyl (C=O) groups is 1. The van der Waals surface area contributed by atoms with Gasteiger partial charge in [0.15, 0.2) is 11.2 Å². The molecule has 28 heavy (non-hydrogen) atoms. The maximum Gasteiger partial charge on any atom is 0.378 e. The number of halogens is 1. The van der Waals surface area contributed by atoms with Crippen LogP contribution in [0.3, 0.4) is 0 Å². The minimum Gasteiger partial charge on any atom is -0.463 e. The number of methoxy groups -OCH3 is 1. The van der Waals surface area contributed by atoms with Crippen LogP contribution in [0.4, 0.5) is 4.39 Å². The lowest BCUT2D eigenvalue weighted by Crippen LogP contribution is -2.29. The second-order valence-electron chi connectivity index (χ2n) is 6.75. The third-order valence-electron chi connectivity index (χ3n) is 5.20. The Kier molecular flexibility index (Phi) is 3.49. The van der Waals surface area contributed by atoms with E-state index in [4.69, 9.17) is 4.74 Å². The number of H-pyrrole nitrogens is 1. The number of rotatable bonds is 2. The molecule has 3 aromatic heterocycles. The van der Waals surface area contributed by atoms with Gasteiger partial charge in [-0.25, -0.2) is 9.18 Å². The van der Waals surface area contributed by atoms with Crippen LogP contribution in [0.5, 0.6) is 0 Å². The average molecular weight is 374 g/mol. The highest BCUT2D eigenvalue weighted by molar-refractivity contribution is 6.12. The first-order valence-corrected chi connectivity index (χ1v) is 8.89. The van der Waals surface area contributed by atoms with Gasteiger partial charge in [-0.15, -0.1) is 0 Å². The molecule has 5 aromatic rings. The second-order valence-corrected chi connectivity index (χ2v) is 6.75. The topological polar surface area (TPSA) is 51.1 Å². The molecule has 0 aliphatic carbocycles. The Bertz CT molecular complexity index is 1380. The fourth-order valence-corrected chi connectivity index (χ4v) is 3.86. The van der Waals surface area contributed by atoms with Crippen molar-refractivity contribution in [3.05, 3.63) is 78.1 Å². The number of fused-ring (bicyclic) bond motifs is 5. The third-order valence-corrected chi connectivity index (χ3v) is 5.20. The van der Waals surface area contributed by atoms with Crippen molar-refractivity contribution in [2.45, 2.75) is 6.92 Å². The van der Waals surface area contributed by atoms with E-state index in [0.29, 0.717) is 5.69 Å². The van der Waals surface area contributed by atoms with E-state index in [1.807, 2.05) is 52.6 Å². The first-order chi connectivity index (χ1) is 13.6. The van der Waals surface area contributed by atoms with Crippen LogP contribution in [0.25, 0.3) is 33.0 Å². The molecule has 3 heterocycles. The Hall–Kier alpha value is -3.67. The van der Waals surface area contributed by atoms with Gasteiger partial charge < -0.3 is 9.72 Å². The maximum absolute atomic E-state index is 13.4. The van der Waals surface area contributed by atoms with Crippen molar-refractivity contribution in [3.8, 4) is 5.69 Å². The largest absolute Gasteiger partial charge is 0.463 e. The number of hydrogen-bond acceptors (Lipinski definition) is 2. The molecule has 0 aliphatic rings. The predicted molar refractivity (Wildman–Crippen MR) is 104 cm³/mol. The van der Waals surface area contributed by atoms with Gasteiger partial charge in [0.05, 0.1) is 12.6 Å². The van der Waals surface area contributed by atoms with Gasteiger partial charge in [-0.05, 0) is 30.3 Å². The van der Waals surface area contributed by atoms with Crippen molar-refractivity contribution >= 4 is 33.3 Å². The number of pyridine rings is 1. The number of ether oxygens (including phenoxy) is 1. The van der Waals surface area contributed by atoms with E-state index in [-0.39, 0.29) is 5.82 Å². The highest BCUT2D eigenvalue weighted by atomic mass is 19.1. The summed E-state index contributed by atoms with van der Waals surface area (Å²) in [4.78, 5) is 16.0. The van der Waals surface area contributed by atoms with Crippen molar-refractivity contribution in [3.63, 3.8) is 0 Å². The van der Waals surface area contributed by atoms with Gasteiger partial charge in [0.1, 0.15) is 11.5 Å². The van der Waals surface area contributed by atoms with E-state index < -0.39 is 5.97 Å². The molecule has 0 radical (unpaired) electrons. The molecule has 138 valence electrons. The van der Waals surface area contributed by atoms with Crippen molar-refractivity contribution < 1.29 is 18.3 Å². The minimum atomic E-state index is -0.418. The molecule has 0 unspecified atom stereocenters. The Morgan fingerprint density at radius 2 is 1.86 bits per heavy atom.